The Morgan fingerprint density at radius 2 is 1.67 bits per heavy atom. The molecule has 1 N–H and O–H groups in total. The van der Waals surface area contributed by atoms with Crippen molar-refractivity contribution in [3.63, 3.8) is 0 Å². The van der Waals surface area contributed by atoms with Crippen molar-refractivity contribution >= 4 is 23.9 Å². The normalized spacial score (nSPS) is 11.0. The van der Waals surface area contributed by atoms with Crippen molar-refractivity contribution in [1.82, 2.24) is 20.2 Å². The number of aryl methyl sites for hydroxylation is 1. The fourth-order valence-electron chi connectivity index (χ4n) is 3.83. The Hall–Kier alpha value is -4.69. The number of benzene rings is 4. The van der Waals surface area contributed by atoms with E-state index in [0.717, 1.165) is 39.5 Å². The Labute approximate surface area is 231 Å². The van der Waals surface area contributed by atoms with Gasteiger partial charge in [0.05, 0.1) is 12.0 Å². The molecule has 0 saturated heterocycles. The van der Waals surface area contributed by atoms with E-state index < -0.39 is 0 Å². The molecule has 0 fully saturated rings. The number of rotatable bonds is 10. The second-order valence-electron chi connectivity index (χ2n) is 8.77. The van der Waals surface area contributed by atoms with Gasteiger partial charge >= 0.3 is 0 Å². The molecule has 0 aliphatic rings. The first-order valence-electron chi connectivity index (χ1n) is 12.4. The number of nitrogens with zero attached hydrogens (tertiary/aromatic N) is 4. The lowest BCUT2D eigenvalue weighted by Crippen LogP contribution is -2.20. The average molecular weight is 534 g/mol. The Bertz CT molecular complexity index is 1550. The Balaban J connectivity index is 1.21. The number of carbonyl (C=O) groups excluding carboxylic acids is 1. The highest BCUT2D eigenvalue weighted by molar-refractivity contribution is 7.99. The molecule has 5 rings (SSSR count). The molecule has 0 radical (unpaired) electrons. The summed E-state index contributed by atoms with van der Waals surface area (Å²) in [5.74, 6) is 1.34. The molecule has 1 heterocycles. The molecule has 7 nitrogen and oxygen atoms in total. The van der Waals surface area contributed by atoms with Crippen LogP contribution in [0.4, 0.5) is 0 Å². The molecule has 194 valence electrons. The SMILES string of the molecule is Cc1ccc(-n2c(SCC(=O)N/N=C/c3cccc(OCc4ccccc4)c3)nnc2-c2ccccc2)cc1. The van der Waals surface area contributed by atoms with Crippen LogP contribution in [0.5, 0.6) is 5.75 Å². The molecule has 5 aromatic rings. The first-order chi connectivity index (χ1) is 19.2. The van der Waals surface area contributed by atoms with Crippen LogP contribution in [0.2, 0.25) is 0 Å². The van der Waals surface area contributed by atoms with Gasteiger partial charge in [-0.15, -0.1) is 10.2 Å². The lowest BCUT2D eigenvalue weighted by atomic mass is 10.2. The number of ether oxygens (including phenoxy) is 1. The summed E-state index contributed by atoms with van der Waals surface area (Å²) >= 11 is 1.31. The van der Waals surface area contributed by atoms with E-state index in [4.69, 9.17) is 4.74 Å². The summed E-state index contributed by atoms with van der Waals surface area (Å²) in [5.41, 5.74) is 7.54. The van der Waals surface area contributed by atoms with Gasteiger partial charge < -0.3 is 4.74 Å². The smallest absolute Gasteiger partial charge is 0.250 e. The lowest BCUT2D eigenvalue weighted by Gasteiger charge is -2.10. The number of aromatic nitrogens is 3. The van der Waals surface area contributed by atoms with Gasteiger partial charge in [-0.05, 0) is 42.3 Å². The minimum Gasteiger partial charge on any atom is -0.489 e. The first kappa shape index (κ1) is 25.9. The third-order valence-electron chi connectivity index (χ3n) is 5.80. The third-order valence-corrected chi connectivity index (χ3v) is 6.73. The summed E-state index contributed by atoms with van der Waals surface area (Å²) in [5, 5.41) is 13.6. The number of thioether (sulfide) groups is 1. The van der Waals surface area contributed by atoms with Gasteiger partial charge in [0, 0.05) is 11.3 Å². The molecule has 0 saturated carbocycles. The zero-order valence-electron chi connectivity index (χ0n) is 21.4. The molecule has 0 aliphatic carbocycles. The van der Waals surface area contributed by atoms with Crippen molar-refractivity contribution in [3.8, 4) is 22.8 Å². The molecule has 39 heavy (non-hydrogen) atoms. The topological polar surface area (TPSA) is 81.4 Å². The zero-order valence-corrected chi connectivity index (χ0v) is 22.2. The molecule has 0 atom stereocenters. The second-order valence-corrected chi connectivity index (χ2v) is 9.71. The maximum Gasteiger partial charge on any atom is 0.250 e. The summed E-state index contributed by atoms with van der Waals surface area (Å²) in [6, 6.07) is 35.6. The van der Waals surface area contributed by atoms with Crippen LogP contribution in [0.1, 0.15) is 16.7 Å². The largest absolute Gasteiger partial charge is 0.489 e. The number of amides is 1. The molecular weight excluding hydrogens is 506 g/mol. The number of nitrogens with one attached hydrogen (secondary N) is 1. The van der Waals surface area contributed by atoms with Crippen molar-refractivity contribution in [2.75, 3.05) is 5.75 Å². The van der Waals surface area contributed by atoms with E-state index >= 15 is 0 Å². The number of hydrogen-bond donors (Lipinski definition) is 1. The van der Waals surface area contributed by atoms with Gasteiger partial charge in [-0.25, -0.2) is 5.43 Å². The number of hydrogen-bond acceptors (Lipinski definition) is 6. The molecular formula is C31H27N5O2S. The highest BCUT2D eigenvalue weighted by atomic mass is 32.2. The van der Waals surface area contributed by atoms with E-state index in [2.05, 4.69) is 20.7 Å². The minimum absolute atomic E-state index is 0.135. The lowest BCUT2D eigenvalue weighted by molar-refractivity contribution is -0.118. The van der Waals surface area contributed by atoms with Crippen LogP contribution in [0, 0.1) is 6.92 Å². The van der Waals surface area contributed by atoms with Crippen LogP contribution in [-0.2, 0) is 11.4 Å². The highest BCUT2D eigenvalue weighted by Crippen LogP contribution is 2.28. The summed E-state index contributed by atoms with van der Waals surface area (Å²) < 4.78 is 7.84. The van der Waals surface area contributed by atoms with Crippen molar-refractivity contribution in [1.29, 1.82) is 0 Å². The predicted molar refractivity (Wildman–Crippen MR) is 155 cm³/mol. The van der Waals surface area contributed by atoms with Gasteiger partial charge in [-0.2, -0.15) is 5.10 Å². The minimum atomic E-state index is -0.243. The number of carbonyl (C=O) groups is 1. The molecule has 0 bridgehead atoms. The van der Waals surface area contributed by atoms with Gasteiger partial charge in [-0.1, -0.05) is 102 Å². The zero-order chi connectivity index (χ0) is 26.9. The molecule has 0 unspecified atom stereocenters. The van der Waals surface area contributed by atoms with Gasteiger partial charge in [0.15, 0.2) is 11.0 Å². The second kappa shape index (κ2) is 12.7. The summed E-state index contributed by atoms with van der Waals surface area (Å²) in [4.78, 5) is 12.6. The van der Waals surface area contributed by atoms with Crippen LogP contribution < -0.4 is 10.2 Å². The summed E-state index contributed by atoms with van der Waals surface area (Å²) in [6.07, 6.45) is 1.60. The molecule has 0 aliphatic heterocycles. The Morgan fingerprint density at radius 1 is 0.923 bits per heavy atom. The maximum absolute atomic E-state index is 12.6. The van der Waals surface area contributed by atoms with Crippen molar-refractivity contribution in [3.05, 3.63) is 126 Å². The predicted octanol–water partition coefficient (Wildman–Crippen LogP) is 6.06. The van der Waals surface area contributed by atoms with Gasteiger partial charge in [0.25, 0.3) is 5.91 Å². The van der Waals surface area contributed by atoms with E-state index in [0.29, 0.717) is 11.8 Å². The van der Waals surface area contributed by atoms with Gasteiger partial charge in [-0.3, -0.25) is 9.36 Å². The third kappa shape index (κ3) is 7.00. The van der Waals surface area contributed by atoms with Crippen LogP contribution >= 0.6 is 11.8 Å². The van der Waals surface area contributed by atoms with Crippen LogP contribution in [0.15, 0.2) is 119 Å². The van der Waals surface area contributed by atoms with E-state index in [9.17, 15) is 4.79 Å². The number of hydrazone groups is 1. The van der Waals surface area contributed by atoms with E-state index in [1.807, 2.05) is 121 Å². The summed E-state index contributed by atoms with van der Waals surface area (Å²) in [6.45, 7) is 2.52. The monoisotopic (exact) mass is 533 g/mol. The van der Waals surface area contributed by atoms with Crippen LogP contribution in [0.25, 0.3) is 17.1 Å². The van der Waals surface area contributed by atoms with Gasteiger partial charge in [0.2, 0.25) is 0 Å². The summed E-state index contributed by atoms with van der Waals surface area (Å²) in [7, 11) is 0. The van der Waals surface area contributed by atoms with Crippen LogP contribution in [0.3, 0.4) is 0 Å². The Kier molecular flexibility index (Phi) is 8.45. The fraction of sp³-hybridized carbons (Fsp3) is 0.0968. The Morgan fingerprint density at radius 3 is 2.44 bits per heavy atom. The van der Waals surface area contributed by atoms with E-state index in [-0.39, 0.29) is 11.7 Å². The van der Waals surface area contributed by atoms with E-state index in [1.54, 1.807) is 6.21 Å². The maximum atomic E-state index is 12.6. The van der Waals surface area contributed by atoms with Crippen molar-refractivity contribution in [2.45, 2.75) is 18.7 Å². The van der Waals surface area contributed by atoms with Gasteiger partial charge in [0.1, 0.15) is 12.4 Å². The molecule has 4 aromatic carbocycles. The van der Waals surface area contributed by atoms with Crippen molar-refractivity contribution in [2.24, 2.45) is 5.10 Å². The standard InChI is InChI=1S/C31H27N5O2S/c1-23-15-17-27(18-16-23)36-30(26-12-6-3-7-13-26)34-35-31(36)39-22-29(37)33-32-20-25-11-8-14-28(19-25)38-21-24-9-4-2-5-10-24/h2-20H,21-22H2,1H3,(H,33,37)/b32-20+. The molecule has 0 spiro atoms. The first-order valence-corrected chi connectivity index (χ1v) is 13.4. The quantitative estimate of drug-likeness (QED) is 0.134. The van der Waals surface area contributed by atoms with Crippen molar-refractivity contribution < 1.29 is 9.53 Å². The average Bonchev–Trinajstić information content (AvgIpc) is 3.41. The van der Waals surface area contributed by atoms with Crippen LogP contribution in [-0.4, -0.2) is 32.6 Å². The molecule has 1 amide bonds. The van der Waals surface area contributed by atoms with E-state index in [1.165, 1.54) is 11.8 Å². The highest BCUT2D eigenvalue weighted by Gasteiger charge is 2.17. The fourth-order valence-corrected chi connectivity index (χ4v) is 4.58. The molecule has 8 heteroatoms. The molecule has 1 aromatic heterocycles.